The molecular weight excluding hydrogens is 534 g/mol. The first kappa shape index (κ1) is 26.6. The standard InChI is InChI=1S/C13H11Cl2N2O.3C4H9.Sn/c1-2-3-8-18-13-6-7-17(16-13)12-5-4-10(14)9-11(12)15;3*1-3-4-2;/h3-7,9H,8H2,1H3;3*1,3-4H2,2H3;. The van der Waals surface area contributed by atoms with Gasteiger partial charge in [-0.15, -0.1) is 0 Å². The molecule has 6 heteroatoms. The third kappa shape index (κ3) is 8.01. The fraction of sp³-hybridized carbons (Fsp3) is 0.560. The Kier molecular flexibility index (Phi) is 11.8. The average Bonchev–Trinajstić information content (AvgIpc) is 3.22. The van der Waals surface area contributed by atoms with E-state index in [2.05, 4.69) is 38.9 Å². The molecule has 0 radical (unpaired) electrons. The molecule has 0 aliphatic heterocycles. The van der Waals surface area contributed by atoms with Gasteiger partial charge in [0.2, 0.25) is 0 Å². The van der Waals surface area contributed by atoms with E-state index in [0.717, 1.165) is 5.69 Å². The molecule has 1 aromatic heterocycles. The fourth-order valence-corrected chi connectivity index (χ4v) is 20.5. The van der Waals surface area contributed by atoms with Crippen LogP contribution < -0.4 is 4.74 Å². The molecule has 0 unspecified atom stereocenters. The molecule has 0 saturated carbocycles. The molecule has 0 fully saturated rings. The van der Waals surface area contributed by atoms with Crippen LogP contribution >= 0.6 is 23.2 Å². The van der Waals surface area contributed by atoms with E-state index in [4.69, 9.17) is 27.9 Å². The number of allylic oxidation sites excluding steroid dienone is 1. The number of benzene rings is 1. The Morgan fingerprint density at radius 1 is 1.00 bits per heavy atom. The van der Waals surface area contributed by atoms with Crippen LogP contribution in [0.2, 0.25) is 23.4 Å². The van der Waals surface area contributed by atoms with E-state index in [1.807, 2.05) is 24.4 Å². The molecule has 0 aliphatic carbocycles. The van der Waals surface area contributed by atoms with Crippen LogP contribution in [0.5, 0.6) is 5.88 Å². The van der Waals surface area contributed by atoms with Crippen molar-refractivity contribution in [2.45, 2.75) is 79.5 Å². The first-order valence-corrected chi connectivity index (χ1v) is 20.0. The van der Waals surface area contributed by atoms with Gasteiger partial charge in [-0.3, -0.25) is 0 Å². The van der Waals surface area contributed by atoms with Gasteiger partial charge in [-0.05, 0) is 0 Å². The molecule has 0 saturated heterocycles. The van der Waals surface area contributed by atoms with E-state index >= 15 is 0 Å². The van der Waals surface area contributed by atoms with Gasteiger partial charge < -0.3 is 0 Å². The summed E-state index contributed by atoms with van der Waals surface area (Å²) in [7, 11) is 0. The van der Waals surface area contributed by atoms with Gasteiger partial charge in [0.1, 0.15) is 0 Å². The van der Waals surface area contributed by atoms with Crippen molar-refractivity contribution in [3.63, 3.8) is 0 Å². The molecule has 0 spiro atoms. The molecule has 172 valence electrons. The van der Waals surface area contributed by atoms with Crippen LogP contribution in [0.3, 0.4) is 0 Å². The molecule has 3 nitrogen and oxygen atoms in total. The van der Waals surface area contributed by atoms with Crippen molar-refractivity contribution >= 4 is 41.6 Å². The molecule has 0 atom stereocenters. The number of halogens is 2. The van der Waals surface area contributed by atoms with Crippen LogP contribution in [-0.2, 0) is 0 Å². The second-order valence-electron chi connectivity index (χ2n) is 8.48. The summed E-state index contributed by atoms with van der Waals surface area (Å²) < 4.78 is 13.9. The first-order chi connectivity index (χ1) is 15.0. The van der Waals surface area contributed by atoms with Crippen molar-refractivity contribution < 1.29 is 4.74 Å². The van der Waals surface area contributed by atoms with E-state index in [0.29, 0.717) is 22.5 Å². The third-order valence-electron chi connectivity index (χ3n) is 6.21. The topological polar surface area (TPSA) is 27.1 Å². The van der Waals surface area contributed by atoms with E-state index in [1.165, 1.54) is 51.8 Å². The summed E-state index contributed by atoms with van der Waals surface area (Å²) in [6.07, 6.45) is 12.3. The number of unbranched alkanes of at least 4 members (excludes halogenated alkanes) is 3. The number of rotatable bonds is 14. The zero-order valence-electron chi connectivity index (χ0n) is 19.6. The van der Waals surface area contributed by atoms with Gasteiger partial charge in [-0.25, -0.2) is 0 Å². The molecule has 1 aromatic carbocycles. The Balaban J connectivity index is 2.09. The summed E-state index contributed by atoms with van der Waals surface area (Å²) in [6.45, 7) is 9.94. The first-order valence-electron chi connectivity index (χ1n) is 11.8. The third-order valence-corrected chi connectivity index (χ3v) is 23.3. The summed E-state index contributed by atoms with van der Waals surface area (Å²) in [4.78, 5) is 0. The van der Waals surface area contributed by atoms with Crippen LogP contribution in [0.25, 0.3) is 5.69 Å². The summed E-state index contributed by atoms with van der Waals surface area (Å²) in [6, 6.07) is 7.29. The van der Waals surface area contributed by atoms with Gasteiger partial charge >= 0.3 is 204 Å². The van der Waals surface area contributed by atoms with E-state index in [9.17, 15) is 0 Å². The van der Waals surface area contributed by atoms with Crippen molar-refractivity contribution in [3.8, 4) is 11.6 Å². The van der Waals surface area contributed by atoms with E-state index < -0.39 is 18.4 Å². The molecule has 0 aliphatic rings. The minimum atomic E-state index is -2.33. The molecule has 2 rings (SSSR count). The van der Waals surface area contributed by atoms with Crippen molar-refractivity contribution in [1.82, 2.24) is 9.78 Å². The Morgan fingerprint density at radius 2 is 1.61 bits per heavy atom. The van der Waals surface area contributed by atoms with Gasteiger partial charge in [0.05, 0.1) is 0 Å². The Labute approximate surface area is 203 Å². The maximum atomic E-state index is 6.31. The van der Waals surface area contributed by atoms with Gasteiger partial charge in [0.25, 0.3) is 0 Å². The molecule has 1 heterocycles. The van der Waals surface area contributed by atoms with Crippen LogP contribution in [0, 0.1) is 0 Å². The zero-order chi connectivity index (χ0) is 22.7. The quantitative estimate of drug-likeness (QED) is 0.212. The van der Waals surface area contributed by atoms with Crippen molar-refractivity contribution in [3.05, 3.63) is 50.2 Å². The molecule has 31 heavy (non-hydrogen) atoms. The predicted octanol–water partition coefficient (Wildman–Crippen LogP) is 8.89. The van der Waals surface area contributed by atoms with Crippen molar-refractivity contribution in [2.24, 2.45) is 0 Å². The molecule has 0 amide bonds. The molecule has 0 bridgehead atoms. The van der Waals surface area contributed by atoms with E-state index in [-0.39, 0.29) is 0 Å². The SMILES string of the molecule is CCC[CH2][Sn]([CH2]CCC)([CH2]CCC)/[C](C)=C\COc1ccn(-c2ccc(Cl)cc2Cl)n1. The molecule has 2 aromatic rings. The van der Waals surface area contributed by atoms with Crippen molar-refractivity contribution in [1.29, 1.82) is 0 Å². The van der Waals surface area contributed by atoms with E-state index in [1.54, 1.807) is 14.3 Å². The number of hydrogen-bond donors (Lipinski definition) is 0. The van der Waals surface area contributed by atoms with Gasteiger partial charge in [0, 0.05) is 0 Å². The fourth-order valence-electron chi connectivity index (χ4n) is 4.17. The Morgan fingerprint density at radius 3 is 2.16 bits per heavy atom. The van der Waals surface area contributed by atoms with Crippen LogP contribution in [0.15, 0.2) is 40.1 Å². The van der Waals surface area contributed by atoms with Gasteiger partial charge in [-0.2, -0.15) is 0 Å². The number of ether oxygens (including phenoxy) is 1. The number of aromatic nitrogens is 2. The van der Waals surface area contributed by atoms with Crippen LogP contribution in [0.4, 0.5) is 0 Å². The molecular formula is C25H38Cl2N2OSn. The van der Waals surface area contributed by atoms with Gasteiger partial charge in [-0.1, -0.05) is 0 Å². The monoisotopic (exact) mass is 572 g/mol. The minimum absolute atomic E-state index is 0.569. The second-order valence-corrected chi connectivity index (χ2v) is 23.2. The van der Waals surface area contributed by atoms with Crippen molar-refractivity contribution in [2.75, 3.05) is 6.61 Å². The average molecular weight is 572 g/mol. The van der Waals surface area contributed by atoms with Crippen LogP contribution in [-0.4, -0.2) is 34.8 Å². The Bertz CT molecular complexity index is 813. The summed E-state index contributed by atoms with van der Waals surface area (Å²) in [5.41, 5.74) is 0.793. The summed E-state index contributed by atoms with van der Waals surface area (Å²) in [5.74, 6) is 0.617. The second kappa shape index (κ2) is 13.8. The van der Waals surface area contributed by atoms with Gasteiger partial charge in [0.15, 0.2) is 0 Å². The zero-order valence-corrected chi connectivity index (χ0v) is 24.0. The maximum absolute atomic E-state index is 6.31. The van der Waals surface area contributed by atoms with Crippen LogP contribution in [0.1, 0.15) is 66.2 Å². The summed E-state index contributed by atoms with van der Waals surface area (Å²) >= 11 is 9.98. The number of nitrogens with zero attached hydrogens (tertiary/aromatic N) is 2. The number of hydrogen-bond acceptors (Lipinski definition) is 2. The normalized spacial score (nSPS) is 12.4. The summed E-state index contributed by atoms with van der Waals surface area (Å²) in [5, 5.41) is 5.72. The Hall–Kier alpha value is -0.651. The molecule has 0 N–H and O–H groups in total. The predicted molar refractivity (Wildman–Crippen MR) is 138 cm³/mol.